The fraction of sp³-hybridized carbons (Fsp3) is 0.200. The van der Waals surface area contributed by atoms with Gasteiger partial charge in [0.05, 0.1) is 17.6 Å². The van der Waals surface area contributed by atoms with Gasteiger partial charge in [-0.05, 0) is 0 Å². The quantitative estimate of drug-likeness (QED) is 0.250. The van der Waals surface area contributed by atoms with Crippen molar-refractivity contribution in [3.63, 3.8) is 0 Å². The van der Waals surface area contributed by atoms with Gasteiger partial charge in [0, 0.05) is 6.07 Å². The zero-order chi connectivity index (χ0) is 12.1. The molecular weight excluding hydrogens is 214 g/mol. The van der Waals surface area contributed by atoms with E-state index >= 15 is 0 Å². The summed E-state index contributed by atoms with van der Waals surface area (Å²) in [6, 6.07) is 5.56. The molecule has 0 amide bonds. The number of carbonyl (C=O) groups is 2. The Morgan fingerprint density at radius 3 is 2.62 bits per heavy atom. The number of hydrogen-bond acceptors (Lipinski definition) is 5. The van der Waals surface area contributed by atoms with E-state index in [-0.39, 0.29) is 11.3 Å². The average molecular weight is 223 g/mol. The lowest BCUT2D eigenvalue weighted by atomic mass is 9.99. The molecule has 1 atom stereocenters. The van der Waals surface area contributed by atoms with Crippen LogP contribution >= 0.6 is 0 Å². The summed E-state index contributed by atoms with van der Waals surface area (Å²) in [6.07, 6.45) is 0.328. The van der Waals surface area contributed by atoms with Gasteiger partial charge in [-0.3, -0.25) is 14.9 Å². The Hall–Kier alpha value is -2.24. The third kappa shape index (κ3) is 2.22. The molecule has 84 valence electrons. The molecule has 1 aromatic rings. The number of ether oxygens (including phenoxy) is 1. The third-order valence-corrected chi connectivity index (χ3v) is 2.06. The molecule has 1 unspecified atom stereocenters. The third-order valence-electron chi connectivity index (χ3n) is 2.06. The van der Waals surface area contributed by atoms with Crippen LogP contribution in [0.15, 0.2) is 24.3 Å². The molecule has 0 fully saturated rings. The molecular formula is C10H9NO5. The molecule has 0 spiro atoms. The van der Waals surface area contributed by atoms with Crippen molar-refractivity contribution in [3.05, 3.63) is 39.9 Å². The lowest BCUT2D eigenvalue weighted by molar-refractivity contribution is -0.385. The zero-order valence-corrected chi connectivity index (χ0v) is 8.45. The molecule has 0 saturated heterocycles. The molecule has 0 bridgehead atoms. The maximum absolute atomic E-state index is 11.2. The van der Waals surface area contributed by atoms with Gasteiger partial charge >= 0.3 is 5.97 Å². The molecule has 0 radical (unpaired) electrons. The van der Waals surface area contributed by atoms with Crippen molar-refractivity contribution in [2.75, 3.05) is 7.11 Å². The van der Waals surface area contributed by atoms with Crippen molar-refractivity contribution in [2.24, 2.45) is 0 Å². The number of carbonyl (C=O) groups excluding carboxylic acids is 2. The van der Waals surface area contributed by atoms with Crippen molar-refractivity contribution >= 4 is 17.9 Å². The molecule has 0 saturated carbocycles. The Labute approximate surface area is 91.0 Å². The molecule has 0 N–H and O–H groups in total. The van der Waals surface area contributed by atoms with E-state index in [4.69, 9.17) is 0 Å². The standard InChI is InChI=1S/C10H9NO5/c1-16-10(13)8(6-12)7-4-2-3-5-9(7)11(14)15/h2-6,8H,1H3. The molecule has 6 nitrogen and oxygen atoms in total. The highest BCUT2D eigenvalue weighted by Gasteiger charge is 2.27. The fourth-order valence-corrected chi connectivity index (χ4v) is 1.30. The molecule has 1 aromatic carbocycles. The second-order valence-electron chi connectivity index (χ2n) is 2.95. The van der Waals surface area contributed by atoms with E-state index in [0.29, 0.717) is 6.29 Å². The summed E-state index contributed by atoms with van der Waals surface area (Å²) in [5, 5.41) is 10.7. The SMILES string of the molecule is COC(=O)C(C=O)c1ccccc1[N+](=O)[O-]. The maximum atomic E-state index is 11.2. The van der Waals surface area contributed by atoms with Gasteiger partial charge in [0.15, 0.2) is 0 Å². The van der Waals surface area contributed by atoms with Crippen LogP contribution < -0.4 is 0 Å². The molecule has 16 heavy (non-hydrogen) atoms. The highest BCUT2D eigenvalue weighted by molar-refractivity contribution is 5.95. The number of benzene rings is 1. The van der Waals surface area contributed by atoms with Crippen molar-refractivity contribution in [1.29, 1.82) is 0 Å². The van der Waals surface area contributed by atoms with E-state index in [1.807, 2.05) is 0 Å². The van der Waals surface area contributed by atoms with Gasteiger partial charge in [-0.15, -0.1) is 0 Å². The molecule has 0 aromatic heterocycles. The van der Waals surface area contributed by atoms with Crippen molar-refractivity contribution in [1.82, 2.24) is 0 Å². The summed E-state index contributed by atoms with van der Waals surface area (Å²) in [5.74, 6) is -2.07. The Morgan fingerprint density at radius 1 is 1.50 bits per heavy atom. The number of para-hydroxylation sites is 1. The van der Waals surface area contributed by atoms with Crippen LogP contribution in [0.2, 0.25) is 0 Å². The predicted molar refractivity (Wildman–Crippen MR) is 53.9 cm³/mol. The van der Waals surface area contributed by atoms with E-state index in [9.17, 15) is 19.7 Å². The Bertz CT molecular complexity index is 429. The first-order valence-corrected chi connectivity index (χ1v) is 4.38. The van der Waals surface area contributed by atoms with Crippen LogP contribution in [0, 0.1) is 10.1 Å². The van der Waals surface area contributed by atoms with Crippen molar-refractivity contribution in [2.45, 2.75) is 5.92 Å². The van der Waals surface area contributed by atoms with E-state index in [1.54, 1.807) is 0 Å². The monoisotopic (exact) mass is 223 g/mol. The summed E-state index contributed by atoms with van der Waals surface area (Å²) in [5.41, 5.74) is -0.237. The lowest BCUT2D eigenvalue weighted by Gasteiger charge is -2.08. The second kappa shape index (κ2) is 5.01. The van der Waals surface area contributed by atoms with Gasteiger partial charge in [0.2, 0.25) is 0 Å². The Kier molecular flexibility index (Phi) is 3.71. The largest absolute Gasteiger partial charge is 0.468 e. The number of aldehydes is 1. The first-order chi connectivity index (χ1) is 7.61. The summed E-state index contributed by atoms with van der Waals surface area (Å²) >= 11 is 0. The minimum atomic E-state index is -1.26. The van der Waals surface area contributed by atoms with Crippen LogP contribution in [0.1, 0.15) is 11.5 Å². The number of nitrogens with zero attached hydrogens (tertiary/aromatic N) is 1. The van der Waals surface area contributed by atoms with Gasteiger partial charge in [-0.1, -0.05) is 18.2 Å². The van der Waals surface area contributed by atoms with Crippen LogP contribution in [-0.4, -0.2) is 24.3 Å². The zero-order valence-electron chi connectivity index (χ0n) is 8.45. The number of rotatable bonds is 4. The summed E-state index contributed by atoms with van der Waals surface area (Å²) in [6.45, 7) is 0. The van der Waals surface area contributed by atoms with Gasteiger partial charge in [-0.2, -0.15) is 0 Å². The van der Waals surface area contributed by atoms with E-state index in [2.05, 4.69) is 4.74 Å². The molecule has 0 aliphatic rings. The van der Waals surface area contributed by atoms with Crippen molar-refractivity contribution < 1.29 is 19.2 Å². The van der Waals surface area contributed by atoms with Crippen molar-refractivity contribution in [3.8, 4) is 0 Å². The maximum Gasteiger partial charge on any atom is 0.320 e. The van der Waals surface area contributed by atoms with Crippen LogP contribution in [0.3, 0.4) is 0 Å². The minimum absolute atomic E-state index is 0.0364. The summed E-state index contributed by atoms with van der Waals surface area (Å²) in [7, 11) is 1.12. The number of esters is 1. The molecule has 1 rings (SSSR count). The Morgan fingerprint density at radius 2 is 2.12 bits per heavy atom. The van der Waals surface area contributed by atoms with Gasteiger partial charge < -0.3 is 9.53 Å². The molecule has 6 heteroatoms. The lowest BCUT2D eigenvalue weighted by Crippen LogP contribution is -2.16. The number of nitro groups is 1. The van der Waals surface area contributed by atoms with Gasteiger partial charge in [0.25, 0.3) is 5.69 Å². The van der Waals surface area contributed by atoms with Crippen LogP contribution in [-0.2, 0) is 14.3 Å². The van der Waals surface area contributed by atoms with Crippen LogP contribution in [0.4, 0.5) is 5.69 Å². The second-order valence-corrected chi connectivity index (χ2v) is 2.95. The summed E-state index contributed by atoms with van der Waals surface area (Å²) in [4.78, 5) is 32.0. The van der Waals surface area contributed by atoms with Crippen LogP contribution in [0.5, 0.6) is 0 Å². The molecule has 0 heterocycles. The topological polar surface area (TPSA) is 86.5 Å². The fourth-order valence-electron chi connectivity index (χ4n) is 1.30. The van der Waals surface area contributed by atoms with E-state index in [1.165, 1.54) is 24.3 Å². The number of methoxy groups -OCH3 is 1. The molecule has 0 aliphatic heterocycles. The van der Waals surface area contributed by atoms with Gasteiger partial charge in [-0.25, -0.2) is 0 Å². The normalized spacial score (nSPS) is 11.6. The predicted octanol–water partition coefficient (Wildman–Crippen LogP) is 1.05. The summed E-state index contributed by atoms with van der Waals surface area (Å²) < 4.78 is 4.40. The van der Waals surface area contributed by atoms with E-state index in [0.717, 1.165) is 7.11 Å². The highest BCUT2D eigenvalue weighted by Crippen LogP contribution is 2.25. The average Bonchev–Trinajstić information content (AvgIpc) is 2.30. The molecule has 0 aliphatic carbocycles. The number of hydrogen-bond donors (Lipinski definition) is 0. The Balaban J connectivity index is 3.24. The first-order valence-electron chi connectivity index (χ1n) is 4.38. The minimum Gasteiger partial charge on any atom is -0.468 e. The smallest absolute Gasteiger partial charge is 0.320 e. The van der Waals surface area contributed by atoms with Gasteiger partial charge in [0.1, 0.15) is 12.2 Å². The van der Waals surface area contributed by atoms with E-state index < -0.39 is 16.8 Å². The first kappa shape index (κ1) is 11.8. The number of nitro benzene ring substituents is 1. The van der Waals surface area contributed by atoms with Crippen LogP contribution in [0.25, 0.3) is 0 Å². The highest BCUT2D eigenvalue weighted by atomic mass is 16.6.